The molecule has 0 saturated carbocycles. The number of benzene rings is 1. The molecule has 0 aromatic heterocycles. The number of phenols is 1. The number of hydrogen-bond acceptors (Lipinski definition) is 1. The van der Waals surface area contributed by atoms with Crippen LogP contribution in [-0.4, -0.2) is 20.1 Å². The Labute approximate surface area is 79.0 Å². The molecule has 0 saturated heterocycles. The summed E-state index contributed by atoms with van der Waals surface area (Å²) in [6, 6.07) is 3.91. The molecule has 1 aliphatic heterocycles. The fourth-order valence-electron chi connectivity index (χ4n) is 1.63. The predicted molar refractivity (Wildman–Crippen MR) is 51.4 cm³/mol. The zero-order valence-electron chi connectivity index (χ0n) is 7.29. The molecule has 1 aromatic rings. The van der Waals surface area contributed by atoms with Crippen molar-refractivity contribution in [2.24, 2.45) is 0 Å². The van der Waals surface area contributed by atoms with Crippen LogP contribution in [0.2, 0.25) is 4.82 Å². The first-order valence-electron chi connectivity index (χ1n) is 4.16. The molecule has 1 aliphatic rings. The van der Waals surface area contributed by atoms with E-state index in [1.54, 1.807) is 0 Å². The minimum atomic E-state index is 0.457. The van der Waals surface area contributed by atoms with E-state index in [0.29, 0.717) is 20.7 Å². The summed E-state index contributed by atoms with van der Waals surface area (Å²) in [5.41, 5.74) is 2.50. The van der Waals surface area contributed by atoms with E-state index < -0.39 is 0 Å². The third-order valence-electron chi connectivity index (χ3n) is 2.35. The Morgan fingerprint density at radius 1 is 1.50 bits per heavy atom. The van der Waals surface area contributed by atoms with Crippen molar-refractivity contribution < 1.29 is 5.11 Å². The summed E-state index contributed by atoms with van der Waals surface area (Å²) in [5, 5.41) is 9.48. The van der Waals surface area contributed by atoms with Gasteiger partial charge in [-0.15, -0.1) is 0 Å². The van der Waals surface area contributed by atoms with E-state index in [1.807, 2.05) is 13.0 Å². The minimum absolute atomic E-state index is 0.457. The molecule has 1 unspecified atom stereocenters. The van der Waals surface area contributed by atoms with Gasteiger partial charge < -0.3 is 0 Å². The van der Waals surface area contributed by atoms with Crippen molar-refractivity contribution in [2.75, 3.05) is 0 Å². The second kappa shape index (κ2) is 2.79. The van der Waals surface area contributed by atoms with Gasteiger partial charge in [0.2, 0.25) is 0 Å². The summed E-state index contributed by atoms with van der Waals surface area (Å²) in [6.07, 6.45) is 1.16. The quantitative estimate of drug-likeness (QED) is 0.664. The number of fused-ring (bicyclic) bond motifs is 1. The number of phenolic OH excluding ortho intramolecular Hbond substituents is 1. The maximum absolute atomic E-state index is 9.48. The van der Waals surface area contributed by atoms with Gasteiger partial charge in [0.1, 0.15) is 0 Å². The zero-order chi connectivity index (χ0) is 8.72. The van der Waals surface area contributed by atoms with E-state index in [2.05, 4.69) is 13.0 Å². The average Bonchev–Trinajstić information content (AvgIpc) is 2.39. The van der Waals surface area contributed by atoms with E-state index in [9.17, 15) is 5.11 Å². The van der Waals surface area contributed by atoms with E-state index in [4.69, 9.17) is 0 Å². The van der Waals surface area contributed by atoms with Crippen LogP contribution >= 0.6 is 0 Å². The topological polar surface area (TPSA) is 20.2 Å². The number of hydrogen-bond donors (Lipinski definition) is 1. The Hall–Kier alpha value is -0.461. The summed E-state index contributed by atoms with van der Waals surface area (Å²) in [5.74, 6) is 0.457. The Bertz CT molecular complexity index is 320. The van der Waals surface area contributed by atoms with Gasteiger partial charge in [-0.25, -0.2) is 0 Å². The normalized spacial score (nSPS) is 21.0. The Morgan fingerprint density at radius 2 is 2.25 bits per heavy atom. The molecule has 1 atom stereocenters. The van der Waals surface area contributed by atoms with Crippen molar-refractivity contribution in [3.63, 3.8) is 0 Å². The van der Waals surface area contributed by atoms with Gasteiger partial charge in [-0.2, -0.15) is 0 Å². The molecule has 64 valence electrons. The molecule has 12 heavy (non-hydrogen) atoms. The van der Waals surface area contributed by atoms with E-state index in [1.165, 1.54) is 10.0 Å². The van der Waals surface area contributed by atoms with Crippen molar-refractivity contribution in [3.05, 3.63) is 23.3 Å². The van der Waals surface area contributed by atoms with Crippen LogP contribution in [0.3, 0.4) is 0 Å². The molecule has 1 heterocycles. The van der Waals surface area contributed by atoms with Crippen molar-refractivity contribution in [3.8, 4) is 5.75 Å². The fraction of sp³-hybridized carbons (Fsp3) is 0.400. The van der Waals surface area contributed by atoms with Crippen LogP contribution in [0.15, 0.2) is 12.1 Å². The van der Waals surface area contributed by atoms with Gasteiger partial charge in [-0.05, 0) is 0 Å². The maximum atomic E-state index is 9.48. The van der Waals surface area contributed by atoms with Crippen LogP contribution in [0.4, 0.5) is 0 Å². The summed E-state index contributed by atoms with van der Waals surface area (Å²) in [7, 11) is 0. The van der Waals surface area contributed by atoms with Gasteiger partial charge in [0, 0.05) is 0 Å². The molecule has 0 bridgehead atoms. The summed E-state index contributed by atoms with van der Waals surface area (Å²) in [6.45, 7) is 4.30. The zero-order valence-corrected chi connectivity index (χ0v) is 9.01. The molecule has 2 heteroatoms. The molecular formula is C10H12OSe. The van der Waals surface area contributed by atoms with Crippen molar-refractivity contribution in [1.29, 1.82) is 0 Å². The van der Waals surface area contributed by atoms with Gasteiger partial charge in [0.05, 0.1) is 0 Å². The van der Waals surface area contributed by atoms with Crippen molar-refractivity contribution >= 4 is 19.4 Å². The van der Waals surface area contributed by atoms with Crippen LogP contribution in [0.25, 0.3) is 0 Å². The average molecular weight is 227 g/mol. The third kappa shape index (κ3) is 1.16. The Balaban J connectivity index is 2.54. The first kappa shape index (κ1) is 8.15. The molecule has 1 aromatic carbocycles. The van der Waals surface area contributed by atoms with Gasteiger partial charge in [0.15, 0.2) is 0 Å². The molecule has 1 N–H and O–H groups in total. The van der Waals surface area contributed by atoms with Crippen molar-refractivity contribution in [2.45, 2.75) is 25.1 Å². The van der Waals surface area contributed by atoms with Crippen LogP contribution in [-0.2, 0) is 6.42 Å². The van der Waals surface area contributed by atoms with E-state index in [-0.39, 0.29) is 0 Å². The first-order valence-corrected chi connectivity index (χ1v) is 6.01. The van der Waals surface area contributed by atoms with Gasteiger partial charge in [-0.3, -0.25) is 0 Å². The second-order valence-corrected chi connectivity index (χ2v) is 6.42. The van der Waals surface area contributed by atoms with Gasteiger partial charge >= 0.3 is 78.6 Å². The standard InChI is InChI=1S/C10H12OSe/c1-6-5-8-7(2)9(11)3-4-10(8)12-6/h3-4,6,11H,5H2,1-2H3. The van der Waals surface area contributed by atoms with Crippen LogP contribution in [0, 0.1) is 6.92 Å². The number of aromatic hydroxyl groups is 1. The second-order valence-electron chi connectivity index (χ2n) is 3.32. The van der Waals surface area contributed by atoms with Gasteiger partial charge in [0.25, 0.3) is 0 Å². The molecule has 0 aliphatic carbocycles. The Kier molecular flexibility index (Phi) is 1.90. The van der Waals surface area contributed by atoms with Crippen LogP contribution < -0.4 is 4.46 Å². The van der Waals surface area contributed by atoms with Crippen molar-refractivity contribution in [1.82, 2.24) is 0 Å². The summed E-state index contributed by atoms with van der Waals surface area (Å²) < 4.78 is 1.49. The van der Waals surface area contributed by atoms with Gasteiger partial charge in [-0.1, -0.05) is 0 Å². The summed E-state index contributed by atoms with van der Waals surface area (Å²) in [4.78, 5) is 0.813. The summed E-state index contributed by atoms with van der Waals surface area (Å²) >= 11 is 0.633. The van der Waals surface area contributed by atoms with Crippen LogP contribution in [0.1, 0.15) is 18.1 Å². The SMILES string of the molecule is Cc1c(O)ccc2c1CC(C)[Se]2. The van der Waals surface area contributed by atoms with Crippen LogP contribution in [0.5, 0.6) is 5.75 Å². The molecule has 0 amide bonds. The number of rotatable bonds is 0. The van der Waals surface area contributed by atoms with E-state index >= 15 is 0 Å². The third-order valence-corrected chi connectivity index (χ3v) is 4.88. The molecule has 2 rings (SSSR count). The van der Waals surface area contributed by atoms with E-state index in [0.717, 1.165) is 16.8 Å². The molecule has 0 radical (unpaired) electrons. The Morgan fingerprint density at radius 3 is 3.00 bits per heavy atom. The molecule has 0 spiro atoms. The first-order chi connectivity index (χ1) is 5.68. The predicted octanol–water partition coefficient (Wildman–Crippen LogP) is 1.39. The monoisotopic (exact) mass is 228 g/mol. The molecule has 1 nitrogen and oxygen atoms in total. The molecule has 0 fully saturated rings. The fourth-order valence-corrected chi connectivity index (χ4v) is 4.17. The molecular weight excluding hydrogens is 215 g/mol.